The van der Waals surface area contributed by atoms with Crippen molar-refractivity contribution in [2.45, 2.75) is 16.6 Å². The maximum Gasteiger partial charge on any atom is 0.263 e. The Labute approximate surface area is 214 Å². The van der Waals surface area contributed by atoms with Gasteiger partial charge in [-0.3, -0.25) is 9.52 Å². The average molecular weight is 538 g/mol. The topological polar surface area (TPSA) is 132 Å². The highest BCUT2D eigenvalue weighted by molar-refractivity contribution is 7.99. The number of anilines is 2. The maximum absolute atomic E-state index is 12.5. The number of carbonyl (C=O) groups is 1. The van der Waals surface area contributed by atoms with Gasteiger partial charge in [0.25, 0.3) is 10.0 Å². The highest BCUT2D eigenvalue weighted by Crippen LogP contribution is 2.27. The molecule has 182 valence electrons. The van der Waals surface area contributed by atoms with Crippen LogP contribution in [0.1, 0.15) is 0 Å². The van der Waals surface area contributed by atoms with Crippen LogP contribution in [0.2, 0.25) is 0 Å². The molecule has 0 aliphatic carbocycles. The van der Waals surface area contributed by atoms with Crippen molar-refractivity contribution in [2.24, 2.45) is 0 Å². The van der Waals surface area contributed by atoms with Crippen molar-refractivity contribution >= 4 is 71.9 Å². The van der Waals surface area contributed by atoms with Crippen LogP contribution in [0.25, 0.3) is 22.1 Å². The molecule has 0 bridgehead atoms. The molecule has 0 saturated heterocycles. The fourth-order valence-corrected chi connectivity index (χ4v) is 5.93. The number of hydrogen-bond donors (Lipinski definition) is 2. The van der Waals surface area contributed by atoms with Crippen molar-refractivity contribution in [2.75, 3.05) is 15.8 Å². The quantitative estimate of drug-likeness (QED) is 0.212. The summed E-state index contributed by atoms with van der Waals surface area (Å²) in [5.41, 5.74) is 2.83. The van der Waals surface area contributed by atoms with Crippen molar-refractivity contribution in [1.82, 2.24) is 24.7 Å². The zero-order valence-electron chi connectivity index (χ0n) is 18.7. The number of thiazole rings is 1. The molecular formula is C23H19N7O3S3. The van der Waals surface area contributed by atoms with E-state index in [0.29, 0.717) is 28.6 Å². The molecule has 10 nitrogen and oxygen atoms in total. The first-order valence-corrected chi connectivity index (χ1v) is 14.0. The zero-order chi connectivity index (χ0) is 25.1. The Balaban J connectivity index is 1.25. The smallest absolute Gasteiger partial charge is 0.263 e. The van der Waals surface area contributed by atoms with Gasteiger partial charge in [-0.1, -0.05) is 36.0 Å². The van der Waals surface area contributed by atoms with E-state index in [1.807, 2.05) is 28.8 Å². The van der Waals surface area contributed by atoms with Gasteiger partial charge in [-0.05, 0) is 30.3 Å². The van der Waals surface area contributed by atoms with Crippen LogP contribution in [0.4, 0.5) is 10.8 Å². The molecule has 0 unspecified atom stereocenters. The molecule has 5 aromatic rings. The lowest BCUT2D eigenvalue weighted by molar-refractivity contribution is -0.113. The predicted molar refractivity (Wildman–Crippen MR) is 142 cm³/mol. The van der Waals surface area contributed by atoms with Crippen molar-refractivity contribution in [3.05, 3.63) is 72.8 Å². The van der Waals surface area contributed by atoms with Gasteiger partial charge >= 0.3 is 0 Å². The van der Waals surface area contributed by atoms with Crippen LogP contribution in [-0.2, 0) is 21.4 Å². The summed E-state index contributed by atoms with van der Waals surface area (Å²) in [6.45, 7) is 4.39. The van der Waals surface area contributed by atoms with Crippen LogP contribution in [0.5, 0.6) is 0 Å². The Morgan fingerprint density at radius 2 is 1.94 bits per heavy atom. The van der Waals surface area contributed by atoms with E-state index in [2.05, 4.69) is 36.8 Å². The number of para-hydroxylation sites is 1. The van der Waals surface area contributed by atoms with E-state index in [-0.39, 0.29) is 21.7 Å². The number of hydrogen-bond acceptors (Lipinski definition) is 9. The summed E-state index contributed by atoms with van der Waals surface area (Å²) in [6.07, 6.45) is 3.30. The largest absolute Gasteiger partial charge is 0.325 e. The minimum Gasteiger partial charge on any atom is -0.325 e. The number of amides is 1. The number of carbonyl (C=O) groups excluding carboxylic acids is 1. The number of nitrogens with one attached hydrogen (secondary N) is 2. The number of thioether (sulfide) groups is 1. The number of sulfonamides is 1. The van der Waals surface area contributed by atoms with Crippen LogP contribution < -0.4 is 10.0 Å². The normalized spacial score (nSPS) is 11.6. The molecule has 36 heavy (non-hydrogen) atoms. The van der Waals surface area contributed by atoms with Crippen LogP contribution in [0.15, 0.2) is 82.8 Å². The Kier molecular flexibility index (Phi) is 6.67. The Bertz CT molecular complexity index is 1670. The predicted octanol–water partition coefficient (Wildman–Crippen LogP) is 4.15. The van der Waals surface area contributed by atoms with E-state index in [1.165, 1.54) is 41.8 Å². The van der Waals surface area contributed by atoms with Gasteiger partial charge in [-0.25, -0.2) is 18.4 Å². The summed E-state index contributed by atoms with van der Waals surface area (Å²) >= 11 is 2.34. The van der Waals surface area contributed by atoms with Gasteiger partial charge in [0.2, 0.25) is 11.1 Å². The Morgan fingerprint density at radius 3 is 2.69 bits per heavy atom. The SMILES string of the molecule is C=CCn1c2ccccc2c2nnc(SCC(=O)Nc3ccc(S(=O)(=O)Nc4nccs4)cc3)nc21. The summed E-state index contributed by atoms with van der Waals surface area (Å²) in [4.78, 5) is 21.1. The molecule has 3 heterocycles. The van der Waals surface area contributed by atoms with Gasteiger partial charge in [-0.2, -0.15) is 0 Å². The van der Waals surface area contributed by atoms with Crippen LogP contribution in [-0.4, -0.2) is 44.8 Å². The maximum atomic E-state index is 12.5. The molecule has 1 amide bonds. The first-order chi connectivity index (χ1) is 17.4. The van der Waals surface area contributed by atoms with E-state index < -0.39 is 10.0 Å². The summed E-state index contributed by atoms with van der Waals surface area (Å²) < 4.78 is 29.3. The number of rotatable bonds is 9. The van der Waals surface area contributed by atoms with Crippen LogP contribution >= 0.6 is 23.1 Å². The number of benzene rings is 2. The molecule has 13 heteroatoms. The highest BCUT2D eigenvalue weighted by Gasteiger charge is 2.17. The molecule has 0 spiro atoms. The van der Waals surface area contributed by atoms with Gasteiger partial charge in [0.1, 0.15) is 5.52 Å². The molecule has 0 atom stereocenters. The lowest BCUT2D eigenvalue weighted by Gasteiger charge is -2.08. The summed E-state index contributed by atoms with van der Waals surface area (Å²) in [6, 6.07) is 13.7. The second-order valence-electron chi connectivity index (χ2n) is 7.49. The minimum atomic E-state index is -3.76. The molecule has 0 saturated carbocycles. The molecule has 3 aromatic heterocycles. The molecule has 5 rings (SSSR count). The van der Waals surface area contributed by atoms with Crippen LogP contribution in [0.3, 0.4) is 0 Å². The fraction of sp³-hybridized carbons (Fsp3) is 0.0870. The molecular weight excluding hydrogens is 519 g/mol. The number of allylic oxidation sites excluding steroid dienone is 1. The van der Waals surface area contributed by atoms with Gasteiger partial charge in [0.15, 0.2) is 10.8 Å². The van der Waals surface area contributed by atoms with Gasteiger partial charge in [0.05, 0.1) is 16.2 Å². The van der Waals surface area contributed by atoms with Crippen LogP contribution in [0, 0.1) is 0 Å². The van der Waals surface area contributed by atoms with Crippen molar-refractivity contribution in [1.29, 1.82) is 0 Å². The monoisotopic (exact) mass is 537 g/mol. The summed E-state index contributed by atoms with van der Waals surface area (Å²) in [5.74, 6) is -0.229. The number of fused-ring (bicyclic) bond motifs is 3. The second-order valence-corrected chi connectivity index (χ2v) is 11.0. The van der Waals surface area contributed by atoms with Crippen molar-refractivity contribution < 1.29 is 13.2 Å². The van der Waals surface area contributed by atoms with Gasteiger partial charge < -0.3 is 9.88 Å². The van der Waals surface area contributed by atoms with E-state index in [1.54, 1.807) is 11.5 Å². The average Bonchev–Trinajstić information content (AvgIpc) is 3.49. The number of nitrogens with zero attached hydrogens (tertiary/aromatic N) is 5. The third-order valence-corrected chi connectivity index (χ3v) is 8.11. The van der Waals surface area contributed by atoms with Crippen molar-refractivity contribution in [3.8, 4) is 0 Å². The standard InChI is InChI=1S/C23H19N7O3S3/c1-2-12-30-18-6-4-3-5-17(18)20-21(30)26-23(28-27-20)35-14-19(31)25-15-7-9-16(10-8-15)36(32,33)29-22-24-11-13-34-22/h2-11,13H,1,12,14H2,(H,24,29)(H,25,31). The van der Waals surface area contributed by atoms with E-state index in [4.69, 9.17) is 0 Å². The molecule has 0 fully saturated rings. The molecule has 2 N–H and O–H groups in total. The zero-order valence-corrected chi connectivity index (χ0v) is 21.1. The first-order valence-electron chi connectivity index (χ1n) is 10.6. The Hall–Kier alpha value is -3.81. The third-order valence-electron chi connectivity index (χ3n) is 5.10. The lowest BCUT2D eigenvalue weighted by Crippen LogP contribution is -2.15. The Morgan fingerprint density at radius 1 is 1.14 bits per heavy atom. The summed E-state index contributed by atoms with van der Waals surface area (Å²) in [5, 5.41) is 14.6. The highest BCUT2D eigenvalue weighted by atomic mass is 32.2. The van der Waals surface area contributed by atoms with Crippen molar-refractivity contribution in [3.63, 3.8) is 0 Å². The van der Waals surface area contributed by atoms with E-state index in [9.17, 15) is 13.2 Å². The van der Waals surface area contributed by atoms with E-state index in [0.717, 1.165) is 22.7 Å². The molecule has 0 aliphatic heterocycles. The first kappa shape index (κ1) is 23.9. The fourth-order valence-electron chi connectivity index (χ4n) is 3.56. The molecule has 0 aliphatic rings. The molecule has 2 aromatic carbocycles. The number of aromatic nitrogens is 5. The minimum absolute atomic E-state index is 0.0561. The van der Waals surface area contributed by atoms with E-state index >= 15 is 0 Å². The van der Waals surface area contributed by atoms with Gasteiger partial charge in [-0.15, -0.1) is 28.1 Å². The lowest BCUT2D eigenvalue weighted by atomic mass is 10.2. The third kappa shape index (κ3) is 4.94. The molecule has 0 radical (unpaired) electrons. The summed E-state index contributed by atoms with van der Waals surface area (Å²) in [7, 11) is -3.76. The second kappa shape index (κ2) is 10.0. The van der Waals surface area contributed by atoms with Gasteiger partial charge in [0, 0.05) is 29.2 Å².